The first kappa shape index (κ1) is 14.9. The van der Waals surface area contributed by atoms with Crippen LogP contribution in [0, 0.1) is 23.2 Å². The van der Waals surface area contributed by atoms with Crippen LogP contribution < -0.4 is 10.7 Å². The maximum Gasteiger partial charge on any atom is 0.232 e. The van der Waals surface area contributed by atoms with Crippen LogP contribution in [0.5, 0.6) is 0 Å². The molecule has 0 aromatic rings. The van der Waals surface area contributed by atoms with Crippen LogP contribution in [0.2, 0.25) is 0 Å². The number of carbonyl (C=O) groups excluding carboxylic acids is 1. The number of amides is 1. The van der Waals surface area contributed by atoms with Gasteiger partial charge in [0, 0.05) is 13.1 Å². The molecule has 2 atom stereocenters. The summed E-state index contributed by atoms with van der Waals surface area (Å²) in [6, 6.07) is 0. The van der Waals surface area contributed by atoms with Crippen molar-refractivity contribution in [3.63, 3.8) is 0 Å². The van der Waals surface area contributed by atoms with Crippen molar-refractivity contribution in [2.75, 3.05) is 13.1 Å². The van der Waals surface area contributed by atoms with Gasteiger partial charge in [-0.3, -0.25) is 10.2 Å². The summed E-state index contributed by atoms with van der Waals surface area (Å²) in [6.07, 6.45) is 11.1. The number of carbonyl (C=O) groups is 1. The number of hydrazine groups is 1. The first-order chi connectivity index (χ1) is 10.6. The monoisotopic (exact) mass is 321 g/mol. The Morgan fingerprint density at radius 1 is 1.00 bits per heavy atom. The molecule has 4 nitrogen and oxygen atoms in total. The Labute approximate surface area is 138 Å². The summed E-state index contributed by atoms with van der Waals surface area (Å²) in [5.74, 6) is 2.53. The molecule has 5 fully saturated rings. The second kappa shape index (κ2) is 5.75. The molecule has 4 bridgehead atoms. The fraction of sp³-hybridized carbons (Fsp3) is 0.882. The van der Waals surface area contributed by atoms with Crippen molar-refractivity contribution >= 4 is 23.2 Å². The normalized spacial score (nSPS) is 40.5. The van der Waals surface area contributed by atoms with Crippen LogP contribution in [0.15, 0.2) is 0 Å². The molecule has 22 heavy (non-hydrogen) atoms. The lowest BCUT2D eigenvalue weighted by Crippen LogP contribution is -2.54. The van der Waals surface area contributed by atoms with Gasteiger partial charge in [0.25, 0.3) is 0 Å². The average Bonchev–Trinajstić information content (AvgIpc) is 2.88. The maximum atomic E-state index is 13.0. The van der Waals surface area contributed by atoms with Gasteiger partial charge in [-0.1, -0.05) is 12.8 Å². The smallest absolute Gasteiger partial charge is 0.232 e. The van der Waals surface area contributed by atoms with Gasteiger partial charge in [-0.15, -0.1) is 0 Å². The second-order valence-electron chi connectivity index (χ2n) is 8.13. The molecule has 0 aromatic heterocycles. The third-order valence-corrected chi connectivity index (χ3v) is 6.62. The summed E-state index contributed by atoms with van der Waals surface area (Å²) in [5.41, 5.74) is 3.07. The van der Waals surface area contributed by atoms with Crippen molar-refractivity contribution < 1.29 is 4.79 Å². The molecule has 4 aliphatic carbocycles. The van der Waals surface area contributed by atoms with Gasteiger partial charge in [0.15, 0.2) is 5.11 Å². The van der Waals surface area contributed by atoms with Crippen molar-refractivity contribution in [2.45, 2.75) is 57.8 Å². The van der Waals surface area contributed by atoms with E-state index in [1.807, 2.05) is 0 Å². The third-order valence-electron chi connectivity index (χ3n) is 6.43. The van der Waals surface area contributed by atoms with Crippen molar-refractivity contribution in [1.29, 1.82) is 0 Å². The van der Waals surface area contributed by atoms with Crippen LogP contribution in [-0.4, -0.2) is 29.1 Å². The van der Waals surface area contributed by atoms with E-state index >= 15 is 0 Å². The lowest BCUT2D eigenvalue weighted by Gasteiger charge is -2.47. The maximum absolute atomic E-state index is 13.0. The number of rotatable bonds is 2. The number of hydrogen-bond donors (Lipinski definition) is 2. The Morgan fingerprint density at radius 3 is 2.23 bits per heavy atom. The predicted molar refractivity (Wildman–Crippen MR) is 89.9 cm³/mol. The minimum absolute atomic E-state index is 0.121. The van der Waals surface area contributed by atoms with Gasteiger partial charge in [-0.05, 0) is 74.9 Å². The zero-order valence-electron chi connectivity index (χ0n) is 13.3. The number of thiocarbonyl (C=S) groups is 1. The van der Waals surface area contributed by atoms with E-state index < -0.39 is 0 Å². The van der Waals surface area contributed by atoms with Gasteiger partial charge in [-0.25, -0.2) is 5.01 Å². The molecule has 1 aliphatic heterocycles. The summed E-state index contributed by atoms with van der Waals surface area (Å²) in [5, 5.41) is 5.65. The molecular weight excluding hydrogens is 294 g/mol. The van der Waals surface area contributed by atoms with Crippen molar-refractivity contribution in [2.24, 2.45) is 23.2 Å². The van der Waals surface area contributed by atoms with Gasteiger partial charge < -0.3 is 5.32 Å². The number of hydrogen-bond acceptors (Lipinski definition) is 3. The standard InChI is InChI=1S/C17H27N3OS/c21-15(18-16(22)19-20-5-1-2-6-20)17-9-12-3-4-13(10-17)8-14(7-12)11-17/h12-14H,1-11H2,(H2,18,19,21,22)/t12-,13-,14?,17?/m1/s1. The van der Waals surface area contributed by atoms with Crippen LogP contribution in [0.25, 0.3) is 0 Å². The summed E-state index contributed by atoms with van der Waals surface area (Å²) < 4.78 is 0. The molecule has 0 spiro atoms. The Kier molecular flexibility index (Phi) is 3.89. The van der Waals surface area contributed by atoms with Crippen molar-refractivity contribution in [1.82, 2.24) is 15.8 Å². The van der Waals surface area contributed by atoms with Crippen LogP contribution >= 0.6 is 12.2 Å². The summed E-state index contributed by atoms with van der Waals surface area (Å²) in [6.45, 7) is 2.04. The van der Waals surface area contributed by atoms with E-state index in [2.05, 4.69) is 15.8 Å². The quantitative estimate of drug-likeness (QED) is 0.767. The molecule has 0 radical (unpaired) electrons. The Morgan fingerprint density at radius 2 is 1.59 bits per heavy atom. The molecule has 0 aromatic carbocycles. The van der Waals surface area contributed by atoms with Crippen LogP contribution in [-0.2, 0) is 4.79 Å². The fourth-order valence-corrected chi connectivity index (χ4v) is 5.93. The minimum Gasteiger partial charge on any atom is -0.302 e. The summed E-state index contributed by atoms with van der Waals surface area (Å²) in [4.78, 5) is 13.0. The lowest BCUT2D eigenvalue weighted by atomic mass is 9.58. The number of nitrogens with zero attached hydrogens (tertiary/aromatic N) is 1. The minimum atomic E-state index is -0.121. The lowest BCUT2D eigenvalue weighted by molar-refractivity contribution is -0.137. The molecule has 1 saturated heterocycles. The summed E-state index contributed by atoms with van der Waals surface area (Å²) in [7, 11) is 0. The van der Waals surface area contributed by atoms with E-state index in [0.717, 1.165) is 50.1 Å². The van der Waals surface area contributed by atoms with E-state index in [0.29, 0.717) is 5.11 Å². The molecular formula is C17H27N3OS. The zero-order chi connectivity index (χ0) is 15.2. The van der Waals surface area contributed by atoms with Crippen LogP contribution in [0.4, 0.5) is 0 Å². The van der Waals surface area contributed by atoms with E-state index in [4.69, 9.17) is 12.2 Å². The Bertz CT molecular complexity index is 459. The van der Waals surface area contributed by atoms with Gasteiger partial charge >= 0.3 is 0 Å². The van der Waals surface area contributed by atoms with E-state index in [1.54, 1.807) is 0 Å². The van der Waals surface area contributed by atoms with E-state index in [9.17, 15) is 4.79 Å². The fourth-order valence-electron chi connectivity index (χ4n) is 5.71. The van der Waals surface area contributed by atoms with Gasteiger partial charge in [-0.2, -0.15) is 0 Å². The van der Waals surface area contributed by atoms with Crippen LogP contribution in [0.1, 0.15) is 57.8 Å². The molecule has 0 unspecified atom stereocenters. The van der Waals surface area contributed by atoms with Crippen molar-refractivity contribution in [3.05, 3.63) is 0 Å². The molecule has 2 N–H and O–H groups in total. The van der Waals surface area contributed by atoms with E-state index in [1.165, 1.54) is 38.5 Å². The highest BCUT2D eigenvalue weighted by molar-refractivity contribution is 7.80. The van der Waals surface area contributed by atoms with Gasteiger partial charge in [0.05, 0.1) is 5.41 Å². The average molecular weight is 321 g/mol. The zero-order valence-corrected chi connectivity index (χ0v) is 14.1. The molecule has 5 rings (SSSR count). The Balaban J connectivity index is 1.42. The van der Waals surface area contributed by atoms with Gasteiger partial charge in [0.1, 0.15) is 0 Å². The third kappa shape index (κ3) is 2.78. The molecule has 4 saturated carbocycles. The number of fused-ring (bicyclic) bond motifs is 1. The van der Waals surface area contributed by atoms with E-state index in [-0.39, 0.29) is 11.3 Å². The SMILES string of the molecule is O=C(NC(=S)NN1CCCC1)C12CC3C[C@@H](CC[C@H](C3)C1)C2. The molecule has 5 aliphatic rings. The summed E-state index contributed by atoms with van der Waals surface area (Å²) >= 11 is 5.37. The highest BCUT2D eigenvalue weighted by Crippen LogP contribution is 2.57. The van der Waals surface area contributed by atoms with Gasteiger partial charge in [0.2, 0.25) is 5.91 Å². The highest BCUT2D eigenvalue weighted by Gasteiger charge is 2.52. The van der Waals surface area contributed by atoms with Crippen LogP contribution in [0.3, 0.4) is 0 Å². The topological polar surface area (TPSA) is 44.4 Å². The molecule has 5 heteroatoms. The largest absolute Gasteiger partial charge is 0.302 e. The van der Waals surface area contributed by atoms with Crippen molar-refractivity contribution in [3.8, 4) is 0 Å². The molecule has 1 amide bonds. The first-order valence-corrected chi connectivity index (χ1v) is 9.41. The Hall–Kier alpha value is -0.680. The molecule has 122 valence electrons. The number of nitrogens with one attached hydrogen (secondary N) is 2. The first-order valence-electron chi connectivity index (χ1n) is 9.00. The highest BCUT2D eigenvalue weighted by atomic mass is 32.1. The molecule has 1 heterocycles. The predicted octanol–water partition coefficient (Wildman–Crippen LogP) is 2.59. The second-order valence-corrected chi connectivity index (χ2v) is 8.54.